The Morgan fingerprint density at radius 1 is 1.36 bits per heavy atom. The number of aliphatic hydroxyl groups is 1. The average Bonchev–Trinajstić information content (AvgIpc) is 2.04. The van der Waals surface area contributed by atoms with Crippen LogP contribution >= 0.6 is 0 Å². The first kappa shape index (κ1) is 8.71. The van der Waals surface area contributed by atoms with Crippen LogP contribution in [0, 0.1) is 0 Å². The smallest absolute Gasteiger partial charge is 0.111 e. The van der Waals surface area contributed by atoms with Crippen LogP contribution in [0.5, 0.6) is 0 Å². The summed E-state index contributed by atoms with van der Waals surface area (Å²) in [5.74, 6) is 0. The molecule has 64 valence electrons. The second kappa shape index (κ2) is 4.49. The molecule has 0 radical (unpaired) electrons. The van der Waals surface area contributed by atoms with E-state index in [1.807, 2.05) is 19.1 Å². The van der Waals surface area contributed by atoms with E-state index >= 15 is 0 Å². The number of hydrogen-bond acceptors (Lipinski definition) is 3. The summed E-state index contributed by atoms with van der Waals surface area (Å²) in [6, 6.07) is 0. The highest BCUT2D eigenvalue weighted by Crippen LogP contribution is 2.12. The summed E-state index contributed by atoms with van der Waals surface area (Å²) < 4.78 is 0. The molecule has 0 amide bonds. The van der Waals surface area contributed by atoms with Crippen LogP contribution in [-0.2, 0) is 9.78 Å². The predicted molar refractivity (Wildman–Crippen MR) is 40.9 cm³/mol. The predicted octanol–water partition coefficient (Wildman–Crippen LogP) is 1.03. The Morgan fingerprint density at radius 2 is 2.18 bits per heavy atom. The molecule has 0 unspecified atom stereocenters. The second-order valence-electron chi connectivity index (χ2n) is 2.69. The highest BCUT2D eigenvalue weighted by molar-refractivity contribution is 4.94. The van der Waals surface area contributed by atoms with Gasteiger partial charge in [-0.15, -0.1) is 0 Å². The van der Waals surface area contributed by atoms with Crippen molar-refractivity contribution >= 4 is 0 Å². The van der Waals surface area contributed by atoms with Crippen molar-refractivity contribution in [2.45, 2.75) is 32.0 Å². The monoisotopic (exact) mass is 158 g/mol. The summed E-state index contributed by atoms with van der Waals surface area (Å²) in [7, 11) is 0. The van der Waals surface area contributed by atoms with Gasteiger partial charge in [0.05, 0.1) is 0 Å². The first-order chi connectivity index (χ1) is 5.33. The van der Waals surface area contributed by atoms with Crippen LogP contribution in [0.2, 0.25) is 0 Å². The van der Waals surface area contributed by atoms with Gasteiger partial charge in [-0.1, -0.05) is 12.2 Å². The summed E-state index contributed by atoms with van der Waals surface area (Å²) in [6.45, 7) is 2.13. The van der Waals surface area contributed by atoms with Crippen molar-refractivity contribution in [1.29, 1.82) is 0 Å². The maximum Gasteiger partial charge on any atom is 0.111 e. The fourth-order valence-electron chi connectivity index (χ4n) is 0.940. The van der Waals surface area contributed by atoms with Gasteiger partial charge >= 0.3 is 0 Å². The Balaban J connectivity index is 2.21. The largest absolute Gasteiger partial charge is 0.396 e. The quantitative estimate of drug-likeness (QED) is 0.492. The SMILES string of the molecule is C[C@@H]1C=C[C@H](CCCO)OO1. The van der Waals surface area contributed by atoms with Gasteiger partial charge in [0.15, 0.2) is 0 Å². The van der Waals surface area contributed by atoms with Crippen LogP contribution in [0.3, 0.4) is 0 Å². The Morgan fingerprint density at radius 3 is 2.73 bits per heavy atom. The lowest BCUT2D eigenvalue weighted by Crippen LogP contribution is -2.20. The van der Waals surface area contributed by atoms with Gasteiger partial charge in [-0.05, 0) is 19.8 Å². The van der Waals surface area contributed by atoms with Crippen molar-refractivity contribution in [1.82, 2.24) is 0 Å². The molecule has 0 saturated heterocycles. The number of rotatable bonds is 3. The molecule has 1 aliphatic rings. The Bertz CT molecular complexity index is 133. The van der Waals surface area contributed by atoms with E-state index in [2.05, 4.69) is 0 Å². The molecule has 3 nitrogen and oxygen atoms in total. The molecule has 1 N–H and O–H groups in total. The lowest BCUT2D eigenvalue weighted by atomic mass is 10.1. The summed E-state index contributed by atoms with van der Waals surface area (Å²) >= 11 is 0. The van der Waals surface area contributed by atoms with Crippen molar-refractivity contribution in [2.24, 2.45) is 0 Å². The molecule has 2 atom stereocenters. The molecule has 1 rings (SSSR count). The Kier molecular flexibility index (Phi) is 3.56. The maximum absolute atomic E-state index is 8.53. The fourth-order valence-corrected chi connectivity index (χ4v) is 0.940. The van der Waals surface area contributed by atoms with E-state index in [1.165, 1.54) is 0 Å². The number of hydrogen-bond donors (Lipinski definition) is 1. The molecule has 0 aliphatic carbocycles. The zero-order chi connectivity index (χ0) is 8.10. The Hall–Kier alpha value is -0.380. The third-order valence-corrected chi connectivity index (χ3v) is 1.57. The van der Waals surface area contributed by atoms with Gasteiger partial charge in [0.1, 0.15) is 12.2 Å². The summed E-state index contributed by atoms with van der Waals surface area (Å²) in [6.07, 6.45) is 5.60. The molecule has 1 aliphatic heterocycles. The lowest BCUT2D eigenvalue weighted by Gasteiger charge is -2.19. The van der Waals surface area contributed by atoms with E-state index < -0.39 is 0 Å². The topological polar surface area (TPSA) is 38.7 Å². The minimum absolute atomic E-state index is 0.0262. The highest BCUT2D eigenvalue weighted by Gasteiger charge is 2.12. The molecule has 0 aromatic carbocycles. The molecule has 0 spiro atoms. The van der Waals surface area contributed by atoms with Crippen molar-refractivity contribution in [3.8, 4) is 0 Å². The van der Waals surface area contributed by atoms with Crippen LogP contribution in [0.15, 0.2) is 12.2 Å². The maximum atomic E-state index is 8.53. The van der Waals surface area contributed by atoms with Gasteiger partial charge in [-0.25, -0.2) is 9.78 Å². The standard InChI is InChI=1S/C8H14O3/c1-7-4-5-8(11-10-7)3-2-6-9/h4-5,7-9H,2-3,6H2,1H3/t7-,8+/m1/s1. The van der Waals surface area contributed by atoms with Crippen molar-refractivity contribution in [3.05, 3.63) is 12.2 Å². The second-order valence-corrected chi connectivity index (χ2v) is 2.69. The lowest BCUT2D eigenvalue weighted by molar-refractivity contribution is -0.337. The molecule has 0 bridgehead atoms. The summed E-state index contributed by atoms with van der Waals surface area (Å²) in [4.78, 5) is 9.91. The van der Waals surface area contributed by atoms with Crippen molar-refractivity contribution in [2.75, 3.05) is 6.61 Å². The van der Waals surface area contributed by atoms with Crippen LogP contribution < -0.4 is 0 Å². The molecule has 1 heterocycles. The molecular weight excluding hydrogens is 144 g/mol. The molecule has 0 saturated carbocycles. The molecule has 0 fully saturated rings. The van der Waals surface area contributed by atoms with E-state index in [0.717, 1.165) is 12.8 Å². The number of aliphatic hydroxyl groups excluding tert-OH is 1. The normalized spacial score (nSPS) is 30.7. The van der Waals surface area contributed by atoms with Gasteiger partial charge in [-0.3, -0.25) is 0 Å². The highest BCUT2D eigenvalue weighted by atomic mass is 17.2. The first-order valence-corrected chi connectivity index (χ1v) is 3.94. The minimum atomic E-state index is 0.0262. The molecule has 0 aromatic heterocycles. The summed E-state index contributed by atoms with van der Waals surface area (Å²) in [5, 5.41) is 8.53. The van der Waals surface area contributed by atoms with Crippen LogP contribution in [-0.4, -0.2) is 23.9 Å². The van der Waals surface area contributed by atoms with Gasteiger partial charge in [0, 0.05) is 6.61 Å². The van der Waals surface area contributed by atoms with Crippen molar-refractivity contribution in [3.63, 3.8) is 0 Å². The van der Waals surface area contributed by atoms with Gasteiger partial charge in [-0.2, -0.15) is 0 Å². The van der Waals surface area contributed by atoms with Crippen molar-refractivity contribution < 1.29 is 14.9 Å². The minimum Gasteiger partial charge on any atom is -0.396 e. The Labute approximate surface area is 66.5 Å². The first-order valence-electron chi connectivity index (χ1n) is 3.94. The molecule has 0 aromatic rings. The van der Waals surface area contributed by atoms with Crippen LogP contribution in [0.1, 0.15) is 19.8 Å². The third kappa shape index (κ3) is 3.01. The summed E-state index contributed by atoms with van der Waals surface area (Å²) in [5.41, 5.74) is 0. The van der Waals surface area contributed by atoms with Gasteiger partial charge in [0.2, 0.25) is 0 Å². The third-order valence-electron chi connectivity index (χ3n) is 1.57. The van der Waals surface area contributed by atoms with E-state index in [1.54, 1.807) is 0 Å². The van der Waals surface area contributed by atoms with Gasteiger partial charge < -0.3 is 5.11 Å². The van der Waals surface area contributed by atoms with E-state index in [-0.39, 0.29) is 18.8 Å². The van der Waals surface area contributed by atoms with Crippen LogP contribution in [0.4, 0.5) is 0 Å². The zero-order valence-corrected chi connectivity index (χ0v) is 6.69. The van der Waals surface area contributed by atoms with E-state index in [9.17, 15) is 0 Å². The average molecular weight is 158 g/mol. The fraction of sp³-hybridized carbons (Fsp3) is 0.750. The van der Waals surface area contributed by atoms with E-state index in [4.69, 9.17) is 14.9 Å². The van der Waals surface area contributed by atoms with Crippen LogP contribution in [0.25, 0.3) is 0 Å². The molecule has 11 heavy (non-hydrogen) atoms. The zero-order valence-electron chi connectivity index (χ0n) is 6.69. The molecular formula is C8H14O3. The van der Waals surface area contributed by atoms with E-state index in [0.29, 0.717) is 0 Å². The van der Waals surface area contributed by atoms with Gasteiger partial charge in [0.25, 0.3) is 0 Å². The molecule has 3 heteroatoms.